The summed E-state index contributed by atoms with van der Waals surface area (Å²) in [5, 5.41) is 0. The maximum atomic E-state index is 12.4. The zero-order valence-electron chi connectivity index (χ0n) is 14.8. The van der Waals surface area contributed by atoms with Crippen molar-refractivity contribution in [1.82, 2.24) is 9.80 Å². The van der Waals surface area contributed by atoms with Gasteiger partial charge in [0.2, 0.25) is 5.91 Å². The number of likely N-dealkylation sites (N-methyl/N-ethyl adjacent to an activating group) is 1. The molecule has 2 heterocycles. The summed E-state index contributed by atoms with van der Waals surface area (Å²) in [6, 6.07) is 6.32. The van der Waals surface area contributed by atoms with Gasteiger partial charge in [-0.1, -0.05) is 12.1 Å². The van der Waals surface area contributed by atoms with Crippen molar-refractivity contribution in [2.45, 2.75) is 31.8 Å². The van der Waals surface area contributed by atoms with E-state index < -0.39 is 12.4 Å². The quantitative estimate of drug-likeness (QED) is 0.768. The molecule has 6 nitrogen and oxygen atoms in total. The number of rotatable bonds is 6. The Morgan fingerprint density at radius 3 is 2.42 bits per heavy atom. The minimum atomic E-state index is -2.84. The molecule has 2 saturated heterocycles. The largest absolute Gasteiger partial charge is 0.435 e. The van der Waals surface area contributed by atoms with Crippen molar-refractivity contribution in [3.8, 4) is 5.75 Å². The topological polar surface area (TPSA) is 51.2 Å². The van der Waals surface area contributed by atoms with Crippen LogP contribution in [-0.2, 0) is 20.8 Å². The average Bonchev–Trinajstić information content (AvgIpc) is 3.06. The Morgan fingerprint density at radius 2 is 1.85 bits per heavy atom. The molecule has 26 heavy (non-hydrogen) atoms. The number of ether oxygens (including phenoxy) is 3. The second-order valence-corrected chi connectivity index (χ2v) is 6.66. The number of hydrogen-bond donors (Lipinski definition) is 0. The zero-order valence-corrected chi connectivity index (χ0v) is 14.8. The molecule has 2 fully saturated rings. The van der Waals surface area contributed by atoms with E-state index in [2.05, 4.69) is 9.64 Å². The molecule has 2 aliphatic heterocycles. The highest BCUT2D eigenvalue weighted by Gasteiger charge is 2.40. The minimum Gasteiger partial charge on any atom is -0.435 e. The summed E-state index contributed by atoms with van der Waals surface area (Å²) in [6.45, 7) is 0.731. The number of halogens is 2. The van der Waals surface area contributed by atoms with Gasteiger partial charge in [-0.2, -0.15) is 8.78 Å². The molecule has 8 heteroatoms. The lowest BCUT2D eigenvalue weighted by Gasteiger charge is -2.37. The van der Waals surface area contributed by atoms with E-state index >= 15 is 0 Å². The predicted octanol–water partition coefficient (Wildman–Crippen LogP) is 2.09. The van der Waals surface area contributed by atoms with Crippen molar-refractivity contribution in [1.29, 1.82) is 0 Å². The first-order chi connectivity index (χ1) is 12.5. The lowest BCUT2D eigenvalue weighted by atomic mass is 10.0. The highest BCUT2D eigenvalue weighted by atomic mass is 19.3. The second kappa shape index (κ2) is 8.28. The summed E-state index contributed by atoms with van der Waals surface area (Å²) >= 11 is 0. The van der Waals surface area contributed by atoms with Gasteiger partial charge in [-0.3, -0.25) is 9.69 Å². The van der Waals surface area contributed by atoms with Crippen LogP contribution in [0.5, 0.6) is 5.75 Å². The van der Waals surface area contributed by atoms with Crippen LogP contribution >= 0.6 is 0 Å². The van der Waals surface area contributed by atoms with Crippen molar-refractivity contribution in [3.63, 3.8) is 0 Å². The Balaban J connectivity index is 1.44. The molecule has 0 aromatic heterocycles. The Kier molecular flexibility index (Phi) is 6.05. The van der Waals surface area contributed by atoms with Crippen molar-refractivity contribution in [2.24, 2.45) is 0 Å². The van der Waals surface area contributed by atoms with Crippen molar-refractivity contribution in [3.05, 3.63) is 29.8 Å². The Labute approximate surface area is 151 Å². The van der Waals surface area contributed by atoms with E-state index in [9.17, 15) is 13.6 Å². The summed E-state index contributed by atoms with van der Waals surface area (Å²) in [5.41, 5.74) is 0.854. The molecule has 3 rings (SSSR count). The number of likely N-dealkylation sites (tertiary alicyclic amines) is 1. The van der Waals surface area contributed by atoms with Crippen LogP contribution in [0.2, 0.25) is 0 Å². The lowest BCUT2D eigenvalue weighted by Crippen LogP contribution is -2.48. The summed E-state index contributed by atoms with van der Waals surface area (Å²) in [6.07, 6.45) is 1.55. The third kappa shape index (κ3) is 4.90. The standard InChI is InChI=1S/C18H24F2N2O4/c1-21(12-14-2-4-15(5-3-14)26-17(19)20)16(23)13-22-8-6-18(7-9-22)24-10-11-25-18/h2-5,17H,6-13H2,1H3. The monoisotopic (exact) mass is 370 g/mol. The van der Waals surface area contributed by atoms with Gasteiger partial charge in [-0.15, -0.1) is 0 Å². The van der Waals surface area contributed by atoms with E-state index in [4.69, 9.17) is 9.47 Å². The van der Waals surface area contributed by atoms with E-state index in [1.165, 1.54) is 12.1 Å². The molecule has 0 atom stereocenters. The van der Waals surface area contributed by atoms with E-state index in [1.807, 2.05) is 0 Å². The van der Waals surface area contributed by atoms with Gasteiger partial charge in [0.15, 0.2) is 5.79 Å². The van der Waals surface area contributed by atoms with E-state index in [0.717, 1.165) is 31.5 Å². The van der Waals surface area contributed by atoms with Crippen molar-refractivity contribution >= 4 is 5.91 Å². The summed E-state index contributed by atoms with van der Waals surface area (Å²) in [5.74, 6) is -0.313. The Bertz CT molecular complexity index is 596. The molecule has 1 spiro atoms. The van der Waals surface area contributed by atoms with E-state index in [1.54, 1.807) is 24.1 Å². The predicted molar refractivity (Wildman–Crippen MR) is 89.9 cm³/mol. The van der Waals surface area contributed by atoms with Gasteiger partial charge in [-0.25, -0.2) is 0 Å². The molecule has 0 aliphatic carbocycles. The minimum absolute atomic E-state index is 0.0158. The van der Waals surface area contributed by atoms with Crippen LogP contribution < -0.4 is 4.74 Å². The maximum absolute atomic E-state index is 12.4. The number of benzene rings is 1. The average molecular weight is 370 g/mol. The number of hydrogen-bond acceptors (Lipinski definition) is 5. The molecule has 1 amide bonds. The number of carbonyl (C=O) groups is 1. The fraction of sp³-hybridized carbons (Fsp3) is 0.611. The molecule has 144 valence electrons. The zero-order chi connectivity index (χ0) is 18.6. The first kappa shape index (κ1) is 19.0. The van der Waals surface area contributed by atoms with Gasteiger partial charge < -0.3 is 19.1 Å². The number of alkyl halides is 2. The number of carbonyl (C=O) groups excluding carboxylic acids is 1. The highest BCUT2D eigenvalue weighted by Crippen LogP contribution is 2.31. The fourth-order valence-electron chi connectivity index (χ4n) is 3.29. The van der Waals surface area contributed by atoms with Crippen LogP contribution in [0.25, 0.3) is 0 Å². The van der Waals surface area contributed by atoms with Crippen LogP contribution in [0.15, 0.2) is 24.3 Å². The molecular formula is C18H24F2N2O4. The van der Waals surface area contributed by atoms with E-state index in [0.29, 0.717) is 26.3 Å². The van der Waals surface area contributed by atoms with Crippen molar-refractivity contribution in [2.75, 3.05) is 39.9 Å². The van der Waals surface area contributed by atoms with Crippen LogP contribution in [-0.4, -0.2) is 68.0 Å². The van der Waals surface area contributed by atoms with Gasteiger partial charge >= 0.3 is 6.61 Å². The Hall–Kier alpha value is -1.77. The molecule has 0 radical (unpaired) electrons. The highest BCUT2D eigenvalue weighted by molar-refractivity contribution is 5.78. The number of nitrogens with zero attached hydrogens (tertiary/aromatic N) is 2. The molecule has 0 N–H and O–H groups in total. The molecule has 0 bridgehead atoms. The molecular weight excluding hydrogens is 346 g/mol. The van der Waals surface area contributed by atoms with Crippen LogP contribution in [0.4, 0.5) is 8.78 Å². The van der Waals surface area contributed by atoms with Gasteiger partial charge in [-0.05, 0) is 17.7 Å². The van der Waals surface area contributed by atoms with Gasteiger partial charge in [0.25, 0.3) is 0 Å². The fourth-order valence-corrected chi connectivity index (χ4v) is 3.29. The first-order valence-corrected chi connectivity index (χ1v) is 8.74. The second-order valence-electron chi connectivity index (χ2n) is 6.66. The van der Waals surface area contributed by atoms with Crippen LogP contribution in [0, 0.1) is 0 Å². The number of amides is 1. The molecule has 1 aromatic rings. The summed E-state index contributed by atoms with van der Waals surface area (Å²) in [4.78, 5) is 16.2. The first-order valence-electron chi connectivity index (χ1n) is 8.74. The smallest absolute Gasteiger partial charge is 0.387 e. The third-order valence-corrected chi connectivity index (χ3v) is 4.78. The maximum Gasteiger partial charge on any atom is 0.387 e. The normalized spacial score (nSPS) is 19.8. The summed E-state index contributed by atoms with van der Waals surface area (Å²) in [7, 11) is 1.74. The molecule has 0 unspecified atom stereocenters. The molecule has 2 aliphatic rings. The van der Waals surface area contributed by atoms with E-state index in [-0.39, 0.29) is 11.7 Å². The van der Waals surface area contributed by atoms with Crippen LogP contribution in [0.3, 0.4) is 0 Å². The third-order valence-electron chi connectivity index (χ3n) is 4.78. The molecule has 1 aromatic carbocycles. The lowest BCUT2D eigenvalue weighted by molar-refractivity contribution is -0.186. The SMILES string of the molecule is CN(Cc1ccc(OC(F)F)cc1)C(=O)CN1CCC2(CC1)OCCO2. The Morgan fingerprint density at radius 1 is 1.23 bits per heavy atom. The van der Waals surface area contributed by atoms with Crippen LogP contribution in [0.1, 0.15) is 18.4 Å². The van der Waals surface area contributed by atoms with Crippen molar-refractivity contribution < 1.29 is 27.8 Å². The summed E-state index contributed by atoms with van der Waals surface area (Å²) < 4.78 is 40.0. The number of piperidine rings is 1. The van der Waals surface area contributed by atoms with Gasteiger partial charge in [0, 0.05) is 39.5 Å². The molecule has 0 saturated carbocycles. The van der Waals surface area contributed by atoms with Gasteiger partial charge in [0.05, 0.1) is 19.8 Å². The van der Waals surface area contributed by atoms with Gasteiger partial charge in [0.1, 0.15) is 5.75 Å².